The van der Waals surface area contributed by atoms with Crippen LogP contribution in [0.1, 0.15) is 30.5 Å². The van der Waals surface area contributed by atoms with Crippen LogP contribution in [0, 0.1) is 19.1 Å². The maximum Gasteiger partial charge on any atom is 0.120 e. The normalized spacial score (nSPS) is 11.5. The van der Waals surface area contributed by atoms with Crippen molar-refractivity contribution in [2.75, 3.05) is 0 Å². The van der Waals surface area contributed by atoms with Crippen molar-refractivity contribution in [2.45, 2.75) is 45.8 Å². The van der Waals surface area contributed by atoms with Crippen LogP contribution in [0.15, 0.2) is 150 Å². The van der Waals surface area contributed by atoms with Gasteiger partial charge in [0.1, 0.15) is 5.58 Å². The van der Waals surface area contributed by atoms with E-state index in [4.69, 9.17) is 4.42 Å². The second-order valence-corrected chi connectivity index (χ2v) is 19.7. The fourth-order valence-electron chi connectivity index (χ4n) is 6.46. The molecule has 3 aromatic heterocycles. The first kappa shape index (κ1) is 36.8. The predicted octanol–water partition coefficient (Wildman–Crippen LogP) is 11.8. The fraction of sp³-hybridized carbons (Fsp3) is 0.149. The van der Waals surface area contributed by atoms with Crippen molar-refractivity contribution in [1.82, 2.24) is 9.97 Å². The van der Waals surface area contributed by atoms with E-state index in [1.165, 1.54) is 27.4 Å². The molecule has 0 atom stereocenters. The first-order chi connectivity index (χ1) is 24.6. The Morgan fingerprint density at radius 2 is 1.35 bits per heavy atom. The minimum absolute atomic E-state index is 0. The molecule has 0 aliphatic rings. The molecule has 5 heteroatoms. The number of rotatable bonds is 6. The number of nitrogens with zero attached hydrogens (tertiary/aromatic N) is 2. The number of aryl methyl sites for hydroxylation is 1. The Morgan fingerprint density at radius 1 is 0.654 bits per heavy atom. The summed E-state index contributed by atoms with van der Waals surface area (Å²) in [4.78, 5) is 9.33. The topological polar surface area (TPSA) is 38.9 Å². The van der Waals surface area contributed by atoms with Crippen LogP contribution in [0.3, 0.4) is 0 Å². The van der Waals surface area contributed by atoms with Crippen LogP contribution in [0.5, 0.6) is 0 Å². The van der Waals surface area contributed by atoms with Crippen LogP contribution in [0.2, 0.25) is 19.6 Å². The predicted molar refractivity (Wildman–Crippen MR) is 216 cm³/mol. The molecule has 3 nitrogen and oxygen atoms in total. The SMILES string of the molecule is CC(C)(c1c[c-]c(-c2ccc([Si](C)(C)C)cn2)cc1)c1ccccc1.Cc1cnc(-c2[c-]ccc3c2oc2ccccc23)cc1-c1ccccc1.[Ir]. The Morgan fingerprint density at radius 3 is 2.02 bits per heavy atom. The Bertz CT molecular complexity index is 2410. The molecular formula is C47H42IrN2OSi-2. The Kier molecular flexibility index (Phi) is 10.9. The first-order valence-corrected chi connectivity index (χ1v) is 21.0. The van der Waals surface area contributed by atoms with Gasteiger partial charge in [-0.05, 0) is 57.2 Å². The van der Waals surface area contributed by atoms with Gasteiger partial charge in [-0.25, -0.2) is 0 Å². The van der Waals surface area contributed by atoms with Gasteiger partial charge in [0.25, 0.3) is 0 Å². The fourth-order valence-corrected chi connectivity index (χ4v) is 7.50. The number of pyridine rings is 2. The van der Waals surface area contributed by atoms with Crippen molar-refractivity contribution < 1.29 is 24.5 Å². The summed E-state index contributed by atoms with van der Waals surface area (Å²) in [5.41, 5.74) is 11.6. The maximum atomic E-state index is 6.14. The van der Waals surface area contributed by atoms with Gasteiger partial charge >= 0.3 is 0 Å². The zero-order valence-corrected chi connectivity index (χ0v) is 33.9. The maximum absolute atomic E-state index is 6.14. The summed E-state index contributed by atoms with van der Waals surface area (Å²) < 4.78 is 6.14. The third-order valence-corrected chi connectivity index (χ3v) is 11.7. The Balaban J connectivity index is 0.000000175. The molecule has 0 unspecified atom stereocenters. The standard InChI is InChI=1S/C24H16NO.C23H26NSi.Ir/c1-16-15-25-22(14-21(16)17-8-3-2-4-9-17)20-12-7-11-19-18-10-5-6-13-23(18)26-24(19)20;1-23(2,19-9-7-6-8-10-19)20-13-11-18(12-14-20)22-16-15-21(17-24-22)25(3,4)5;/h2-11,13-15H,1H3;6-11,13-17H,1-5H3;/q2*-1;. The van der Waals surface area contributed by atoms with E-state index in [1.54, 1.807) is 0 Å². The average molecular weight is 871 g/mol. The van der Waals surface area contributed by atoms with Crippen molar-refractivity contribution in [3.63, 3.8) is 0 Å². The van der Waals surface area contributed by atoms with Crippen molar-refractivity contribution in [2.24, 2.45) is 0 Å². The van der Waals surface area contributed by atoms with Gasteiger partial charge in [0.15, 0.2) is 0 Å². The molecule has 8 rings (SSSR count). The van der Waals surface area contributed by atoms with Crippen LogP contribution in [0.25, 0.3) is 55.6 Å². The summed E-state index contributed by atoms with van der Waals surface area (Å²) in [6.07, 6.45) is 3.96. The van der Waals surface area contributed by atoms with Gasteiger partial charge in [0.2, 0.25) is 0 Å². The smallest absolute Gasteiger partial charge is 0.120 e. The van der Waals surface area contributed by atoms with Crippen molar-refractivity contribution in [1.29, 1.82) is 0 Å². The van der Waals surface area contributed by atoms with E-state index in [0.29, 0.717) is 0 Å². The molecule has 0 aliphatic carbocycles. The summed E-state index contributed by atoms with van der Waals surface area (Å²) in [5.74, 6) is 0. The van der Waals surface area contributed by atoms with Gasteiger partial charge < -0.3 is 14.4 Å². The van der Waals surface area contributed by atoms with Crippen LogP contribution in [-0.4, -0.2) is 18.0 Å². The quantitative estimate of drug-likeness (QED) is 0.123. The molecule has 5 aromatic carbocycles. The summed E-state index contributed by atoms with van der Waals surface area (Å²) in [7, 11) is -1.30. The van der Waals surface area contributed by atoms with Gasteiger partial charge in [-0.3, -0.25) is 0 Å². The largest absolute Gasteiger partial charge is 0.501 e. The number of benzene rings is 5. The first-order valence-electron chi connectivity index (χ1n) is 17.5. The molecule has 0 fully saturated rings. The molecule has 1 radical (unpaired) electrons. The molecule has 52 heavy (non-hydrogen) atoms. The number of hydrogen-bond donors (Lipinski definition) is 0. The van der Waals surface area contributed by atoms with Crippen molar-refractivity contribution >= 4 is 35.2 Å². The van der Waals surface area contributed by atoms with E-state index >= 15 is 0 Å². The zero-order chi connectivity index (χ0) is 35.6. The molecule has 0 saturated heterocycles. The van der Waals surface area contributed by atoms with E-state index in [2.05, 4.69) is 166 Å². The van der Waals surface area contributed by atoms with Gasteiger partial charge in [0, 0.05) is 37.9 Å². The zero-order valence-electron chi connectivity index (χ0n) is 30.5. The van der Waals surface area contributed by atoms with Gasteiger partial charge in [-0.2, -0.15) is 0 Å². The summed E-state index contributed by atoms with van der Waals surface area (Å²) in [6.45, 7) is 13.6. The summed E-state index contributed by atoms with van der Waals surface area (Å²) in [5, 5.41) is 3.60. The minimum Gasteiger partial charge on any atom is -0.501 e. The van der Waals surface area contributed by atoms with Crippen LogP contribution in [0.4, 0.5) is 0 Å². The van der Waals surface area contributed by atoms with Crippen LogP contribution < -0.4 is 5.19 Å². The number of furan rings is 1. The van der Waals surface area contributed by atoms with E-state index in [9.17, 15) is 0 Å². The molecule has 0 amide bonds. The number of hydrogen-bond acceptors (Lipinski definition) is 3. The number of fused-ring (bicyclic) bond motifs is 3. The molecule has 0 spiro atoms. The molecule has 0 bridgehead atoms. The number of para-hydroxylation sites is 1. The van der Waals surface area contributed by atoms with Crippen molar-refractivity contribution in [3.05, 3.63) is 175 Å². The van der Waals surface area contributed by atoms with E-state index in [0.717, 1.165) is 50.0 Å². The van der Waals surface area contributed by atoms with Crippen molar-refractivity contribution in [3.8, 4) is 33.6 Å². The molecule has 3 heterocycles. The molecule has 8 aromatic rings. The average Bonchev–Trinajstić information content (AvgIpc) is 3.55. The molecule has 261 valence electrons. The monoisotopic (exact) mass is 871 g/mol. The van der Waals surface area contributed by atoms with E-state index < -0.39 is 8.07 Å². The summed E-state index contributed by atoms with van der Waals surface area (Å²) >= 11 is 0. The minimum atomic E-state index is -1.30. The molecular weight excluding hydrogens is 829 g/mol. The van der Waals surface area contributed by atoms with Gasteiger partial charge in [-0.1, -0.05) is 142 Å². The second kappa shape index (κ2) is 15.4. The number of aromatic nitrogens is 2. The van der Waals surface area contributed by atoms with Gasteiger partial charge in [-0.15, -0.1) is 53.6 Å². The Hall–Kier alpha value is -4.93. The van der Waals surface area contributed by atoms with Crippen LogP contribution >= 0.6 is 0 Å². The van der Waals surface area contributed by atoms with Crippen LogP contribution in [-0.2, 0) is 25.5 Å². The Labute approximate surface area is 322 Å². The summed E-state index contributed by atoms with van der Waals surface area (Å²) in [6, 6.07) is 52.8. The molecule has 0 aliphatic heterocycles. The molecule has 0 saturated carbocycles. The van der Waals surface area contributed by atoms with E-state index in [-0.39, 0.29) is 25.5 Å². The third-order valence-electron chi connectivity index (χ3n) is 9.72. The van der Waals surface area contributed by atoms with E-state index in [1.807, 2.05) is 42.7 Å². The van der Waals surface area contributed by atoms with Gasteiger partial charge in [0.05, 0.1) is 13.7 Å². The molecule has 0 N–H and O–H groups in total. The third kappa shape index (κ3) is 7.63. The second-order valence-electron chi connectivity index (χ2n) is 14.6.